The topological polar surface area (TPSA) is 146 Å². The lowest BCUT2D eigenvalue weighted by Crippen LogP contribution is -2.15. The van der Waals surface area contributed by atoms with E-state index in [0.29, 0.717) is 11.2 Å². The maximum atomic E-state index is 13.0. The van der Waals surface area contributed by atoms with Gasteiger partial charge >= 0.3 is 5.97 Å². The Balaban J connectivity index is 1.73. The van der Waals surface area contributed by atoms with Gasteiger partial charge < -0.3 is 15.8 Å². The van der Waals surface area contributed by atoms with Gasteiger partial charge in [-0.15, -0.1) is 11.3 Å². The van der Waals surface area contributed by atoms with Crippen LogP contribution >= 0.6 is 11.3 Å². The van der Waals surface area contributed by atoms with E-state index in [4.69, 9.17) is 10.5 Å². The molecule has 0 saturated carbocycles. The molecule has 0 aromatic carbocycles. The van der Waals surface area contributed by atoms with Gasteiger partial charge in [-0.25, -0.2) is 14.3 Å². The Morgan fingerprint density at radius 1 is 1.27 bits per heavy atom. The van der Waals surface area contributed by atoms with Crippen molar-refractivity contribution in [1.29, 1.82) is 0 Å². The highest BCUT2D eigenvalue weighted by molar-refractivity contribution is 7.18. The van der Waals surface area contributed by atoms with Crippen LogP contribution in [0.25, 0.3) is 16.9 Å². The first kappa shape index (κ1) is 22.1. The minimum Gasteiger partial charge on any atom is -0.462 e. The van der Waals surface area contributed by atoms with E-state index in [1.165, 1.54) is 6.07 Å². The number of aromatic nitrogens is 5. The lowest BCUT2D eigenvalue weighted by molar-refractivity contribution is 0.0527. The zero-order valence-electron chi connectivity index (χ0n) is 18.4. The molecule has 0 aliphatic heterocycles. The number of primary amides is 1. The first-order valence-corrected chi connectivity index (χ1v) is 10.8. The van der Waals surface area contributed by atoms with E-state index in [-0.39, 0.29) is 27.7 Å². The summed E-state index contributed by atoms with van der Waals surface area (Å²) in [6, 6.07) is 3.32. The lowest BCUT2D eigenvalue weighted by Gasteiger charge is -2.06. The summed E-state index contributed by atoms with van der Waals surface area (Å²) < 4.78 is 8.38. The Morgan fingerprint density at radius 3 is 2.67 bits per heavy atom. The van der Waals surface area contributed by atoms with Crippen LogP contribution in [0.3, 0.4) is 0 Å². The van der Waals surface area contributed by atoms with E-state index in [1.54, 1.807) is 41.5 Å². The van der Waals surface area contributed by atoms with Crippen LogP contribution in [0, 0.1) is 13.8 Å². The molecule has 33 heavy (non-hydrogen) atoms. The molecule has 0 bridgehead atoms. The molecule has 4 aromatic heterocycles. The summed E-state index contributed by atoms with van der Waals surface area (Å²) in [7, 11) is 1.84. The van der Waals surface area contributed by atoms with Crippen LogP contribution in [0.2, 0.25) is 0 Å². The largest absolute Gasteiger partial charge is 0.462 e. The quantitative estimate of drug-likeness (QED) is 0.414. The fourth-order valence-corrected chi connectivity index (χ4v) is 4.46. The van der Waals surface area contributed by atoms with Crippen LogP contribution in [-0.4, -0.2) is 48.8 Å². The van der Waals surface area contributed by atoms with E-state index in [1.807, 2.05) is 14.0 Å². The van der Waals surface area contributed by atoms with Gasteiger partial charge in [0.2, 0.25) is 0 Å². The maximum absolute atomic E-state index is 13.0. The summed E-state index contributed by atoms with van der Waals surface area (Å²) >= 11 is 0.914. The van der Waals surface area contributed by atoms with Crippen molar-refractivity contribution in [3.63, 3.8) is 0 Å². The van der Waals surface area contributed by atoms with Crippen LogP contribution in [0.1, 0.15) is 48.7 Å². The number of fused-ring (bicyclic) bond motifs is 1. The summed E-state index contributed by atoms with van der Waals surface area (Å²) in [5, 5.41) is 11.5. The molecule has 0 saturated heterocycles. The molecule has 12 heteroatoms. The first-order chi connectivity index (χ1) is 15.7. The van der Waals surface area contributed by atoms with Gasteiger partial charge in [-0.1, -0.05) is 0 Å². The van der Waals surface area contributed by atoms with E-state index in [2.05, 4.69) is 20.5 Å². The molecular weight excluding hydrogens is 446 g/mol. The van der Waals surface area contributed by atoms with Crippen molar-refractivity contribution in [2.75, 3.05) is 11.9 Å². The van der Waals surface area contributed by atoms with E-state index >= 15 is 0 Å². The van der Waals surface area contributed by atoms with Gasteiger partial charge in [-0.05, 0) is 32.4 Å². The highest BCUT2D eigenvalue weighted by atomic mass is 32.1. The molecule has 11 nitrogen and oxygen atoms in total. The highest BCUT2D eigenvalue weighted by Crippen LogP contribution is 2.34. The number of nitrogens with one attached hydrogen (secondary N) is 1. The molecule has 0 aliphatic carbocycles. The molecule has 4 heterocycles. The van der Waals surface area contributed by atoms with Crippen molar-refractivity contribution >= 4 is 39.8 Å². The SMILES string of the molecule is CCOC(=O)c1c(NC(=O)c2cc3nccc(-c4cnn(C)c4C)n3n2)sc(C(N)=O)c1C. The Bertz CT molecular complexity index is 1420. The van der Waals surface area contributed by atoms with E-state index in [0.717, 1.165) is 28.3 Å². The second-order valence-corrected chi connectivity index (χ2v) is 8.22. The van der Waals surface area contributed by atoms with Gasteiger partial charge in [0.25, 0.3) is 11.8 Å². The molecule has 170 valence electrons. The Kier molecular flexibility index (Phi) is 5.68. The molecule has 0 atom stereocenters. The Hall–Kier alpha value is -4.06. The number of amides is 2. The van der Waals surface area contributed by atoms with Crippen molar-refractivity contribution in [2.24, 2.45) is 12.8 Å². The van der Waals surface area contributed by atoms with Crippen LogP contribution < -0.4 is 11.1 Å². The molecule has 0 aliphatic rings. The van der Waals surface area contributed by atoms with E-state index in [9.17, 15) is 14.4 Å². The smallest absolute Gasteiger partial charge is 0.341 e. The van der Waals surface area contributed by atoms with Crippen molar-refractivity contribution in [3.05, 3.63) is 51.9 Å². The van der Waals surface area contributed by atoms with Gasteiger partial charge in [-0.3, -0.25) is 14.3 Å². The van der Waals surface area contributed by atoms with Gasteiger partial charge in [0.15, 0.2) is 11.3 Å². The van der Waals surface area contributed by atoms with Crippen LogP contribution in [0.15, 0.2) is 24.5 Å². The Morgan fingerprint density at radius 2 is 2.03 bits per heavy atom. The van der Waals surface area contributed by atoms with Crippen LogP contribution in [0.5, 0.6) is 0 Å². The number of ether oxygens (including phenoxy) is 1. The number of thiophene rings is 1. The van der Waals surface area contributed by atoms with Crippen LogP contribution in [-0.2, 0) is 11.8 Å². The van der Waals surface area contributed by atoms with Gasteiger partial charge in [0.05, 0.1) is 28.9 Å². The number of hydrogen-bond acceptors (Lipinski definition) is 8. The number of anilines is 1. The average molecular weight is 468 g/mol. The average Bonchev–Trinajstić information content (AvgIpc) is 3.44. The number of esters is 1. The minimum atomic E-state index is -0.697. The summed E-state index contributed by atoms with van der Waals surface area (Å²) in [4.78, 5) is 41.7. The maximum Gasteiger partial charge on any atom is 0.341 e. The third kappa shape index (κ3) is 3.84. The summed E-state index contributed by atoms with van der Waals surface area (Å²) in [6.07, 6.45) is 3.35. The first-order valence-electron chi connectivity index (χ1n) is 9.98. The molecule has 0 spiro atoms. The van der Waals surface area contributed by atoms with Crippen LogP contribution in [0.4, 0.5) is 5.00 Å². The summed E-state index contributed by atoms with van der Waals surface area (Å²) in [5.41, 5.74) is 8.92. The van der Waals surface area contributed by atoms with Gasteiger partial charge in [0.1, 0.15) is 5.00 Å². The Labute approximate surface area is 192 Å². The highest BCUT2D eigenvalue weighted by Gasteiger charge is 2.26. The van der Waals surface area contributed by atoms with Crippen molar-refractivity contribution in [1.82, 2.24) is 24.4 Å². The fraction of sp³-hybridized carbons (Fsp3) is 0.238. The third-order valence-corrected chi connectivity index (χ3v) is 6.40. The third-order valence-electron chi connectivity index (χ3n) is 5.18. The second-order valence-electron chi connectivity index (χ2n) is 7.20. The normalized spacial score (nSPS) is 11.0. The predicted octanol–water partition coefficient (Wildman–Crippen LogP) is 2.34. The minimum absolute atomic E-state index is 0.0815. The summed E-state index contributed by atoms with van der Waals surface area (Å²) in [6.45, 7) is 5.31. The predicted molar refractivity (Wildman–Crippen MR) is 121 cm³/mol. The zero-order chi connectivity index (χ0) is 23.9. The van der Waals surface area contributed by atoms with Crippen molar-refractivity contribution < 1.29 is 19.1 Å². The molecular formula is C21H21N7O4S. The molecule has 4 aromatic rings. The van der Waals surface area contributed by atoms with E-state index < -0.39 is 17.8 Å². The van der Waals surface area contributed by atoms with Gasteiger partial charge in [0, 0.05) is 30.6 Å². The molecule has 0 fully saturated rings. The number of carbonyl (C=O) groups is 3. The number of nitrogens with zero attached hydrogens (tertiary/aromatic N) is 5. The fourth-order valence-electron chi connectivity index (χ4n) is 3.41. The lowest BCUT2D eigenvalue weighted by atomic mass is 10.1. The van der Waals surface area contributed by atoms with Crippen molar-refractivity contribution in [2.45, 2.75) is 20.8 Å². The van der Waals surface area contributed by atoms with Gasteiger partial charge in [-0.2, -0.15) is 10.2 Å². The summed E-state index contributed by atoms with van der Waals surface area (Å²) in [5.74, 6) is -1.92. The number of hydrogen-bond donors (Lipinski definition) is 2. The monoisotopic (exact) mass is 467 g/mol. The molecule has 2 amide bonds. The zero-order valence-corrected chi connectivity index (χ0v) is 19.2. The number of rotatable bonds is 6. The standard InChI is InChI=1S/C21H21N7O4S/c1-5-32-21(31)16-10(2)17(18(22)29)33-20(16)25-19(30)13-8-15-23-7-6-14(28(15)26-13)12-9-24-27(4)11(12)3/h6-9H,5H2,1-4H3,(H2,22,29)(H,25,30). The number of aryl methyl sites for hydroxylation is 1. The molecule has 4 rings (SSSR count). The number of carbonyl (C=O) groups excluding carboxylic acids is 3. The molecule has 3 N–H and O–H groups in total. The molecule has 0 unspecified atom stereocenters. The second kappa shape index (κ2) is 8.47. The molecule has 0 radical (unpaired) electrons. The van der Waals surface area contributed by atoms with Crippen molar-refractivity contribution in [3.8, 4) is 11.3 Å². The number of nitrogens with two attached hydrogens (primary N) is 1.